The van der Waals surface area contributed by atoms with Crippen molar-refractivity contribution in [3.8, 4) is 0 Å². The van der Waals surface area contributed by atoms with E-state index in [2.05, 4.69) is 5.32 Å². The number of ether oxygens (including phenoxy) is 2. The predicted molar refractivity (Wildman–Crippen MR) is 233 cm³/mol. The van der Waals surface area contributed by atoms with Crippen LogP contribution in [0.1, 0.15) is 74.5 Å². The van der Waals surface area contributed by atoms with E-state index >= 15 is 0 Å². The van der Waals surface area contributed by atoms with Crippen LogP contribution in [0.2, 0.25) is 0 Å². The standard InChI is InChI=1S/C46H63N7O9/c1-31-28-32(29-38-42(31)49(4)45(58)61-38)30-39(62-46(59)52-24-17-36(18-25-52)53-26-16-35-8-5-6-9-37(35)47-44(53)57)43(56)51-22-14-34(15-23-51)33-12-20-50(21-13-33)40(54)10-11-41(55)60-27-7-19-48(2)3/h5-6,8-9,28-29,33-34,36,39H,7,10-27,30H2,1-4H3,(H,47,57)/t39-/m1/s1. The average Bonchev–Trinajstić information content (AvgIpc) is 3.45. The Bertz CT molecular complexity index is 2140. The molecule has 336 valence electrons. The molecule has 4 aliphatic heterocycles. The summed E-state index contributed by atoms with van der Waals surface area (Å²) in [7, 11) is 5.59. The van der Waals surface area contributed by atoms with Gasteiger partial charge in [0, 0.05) is 84.0 Å². The van der Waals surface area contributed by atoms with Crippen LogP contribution in [0.5, 0.6) is 0 Å². The van der Waals surface area contributed by atoms with Gasteiger partial charge < -0.3 is 43.7 Å². The zero-order chi connectivity index (χ0) is 43.9. The molecule has 2 aromatic carbocycles. The molecule has 0 radical (unpaired) electrons. The summed E-state index contributed by atoms with van der Waals surface area (Å²) < 4.78 is 18.4. The number of esters is 1. The Labute approximate surface area is 363 Å². The Kier molecular flexibility index (Phi) is 14.6. The maximum absolute atomic E-state index is 14.4. The number of oxazole rings is 1. The fourth-order valence-electron chi connectivity index (χ4n) is 9.81. The zero-order valence-electron chi connectivity index (χ0n) is 36.8. The lowest BCUT2D eigenvalue weighted by Crippen LogP contribution is -2.52. The summed E-state index contributed by atoms with van der Waals surface area (Å²) in [6.45, 7) is 6.82. The number of amides is 5. The summed E-state index contributed by atoms with van der Waals surface area (Å²) in [6.07, 6.45) is 4.77. The van der Waals surface area contributed by atoms with Crippen LogP contribution >= 0.6 is 0 Å². The number of hydrogen-bond donors (Lipinski definition) is 1. The van der Waals surface area contributed by atoms with Gasteiger partial charge in [0.05, 0.1) is 18.5 Å². The molecule has 3 aromatic rings. The Morgan fingerprint density at radius 3 is 2.21 bits per heavy atom. The number of urea groups is 1. The molecule has 4 aliphatic rings. The molecule has 5 amide bonds. The largest absolute Gasteiger partial charge is 0.466 e. The molecule has 0 aliphatic carbocycles. The number of likely N-dealkylation sites (tertiary alicyclic amines) is 3. The number of carbonyl (C=O) groups excluding carboxylic acids is 5. The second-order valence-corrected chi connectivity index (χ2v) is 17.8. The highest BCUT2D eigenvalue weighted by Crippen LogP contribution is 2.34. The topological polar surface area (TPSA) is 167 Å². The van der Waals surface area contributed by atoms with E-state index in [1.807, 2.05) is 71.0 Å². The third-order valence-electron chi connectivity index (χ3n) is 13.3. The number of nitrogens with one attached hydrogen (secondary N) is 1. The molecule has 0 bridgehead atoms. The number of piperidine rings is 3. The van der Waals surface area contributed by atoms with E-state index in [-0.39, 0.29) is 49.1 Å². The molecule has 5 heterocycles. The van der Waals surface area contributed by atoms with Gasteiger partial charge in [-0.15, -0.1) is 0 Å². The summed E-state index contributed by atoms with van der Waals surface area (Å²) in [6, 6.07) is 11.3. The van der Waals surface area contributed by atoms with Gasteiger partial charge in [-0.2, -0.15) is 0 Å². The number of carbonyl (C=O) groups is 5. The van der Waals surface area contributed by atoms with Gasteiger partial charge in [-0.1, -0.05) is 24.3 Å². The summed E-state index contributed by atoms with van der Waals surface area (Å²) in [5, 5.41) is 3.04. The molecule has 1 atom stereocenters. The summed E-state index contributed by atoms with van der Waals surface area (Å²) in [4.78, 5) is 88.1. The number of aryl methyl sites for hydroxylation is 2. The number of aromatic nitrogens is 1. The Morgan fingerprint density at radius 1 is 0.855 bits per heavy atom. The third kappa shape index (κ3) is 10.8. The number of anilines is 1. The quantitative estimate of drug-likeness (QED) is 0.187. The monoisotopic (exact) mass is 857 g/mol. The Balaban J connectivity index is 0.928. The van der Waals surface area contributed by atoms with Crippen molar-refractivity contribution >= 4 is 46.7 Å². The van der Waals surface area contributed by atoms with Crippen LogP contribution in [-0.2, 0) is 43.7 Å². The molecular formula is C46H63N7O9. The van der Waals surface area contributed by atoms with E-state index in [0.717, 1.165) is 67.4 Å². The Hall–Kier alpha value is -5.38. The first-order valence-electron chi connectivity index (χ1n) is 22.4. The molecule has 0 spiro atoms. The van der Waals surface area contributed by atoms with Crippen molar-refractivity contribution in [2.45, 2.75) is 89.7 Å². The van der Waals surface area contributed by atoms with E-state index in [0.29, 0.717) is 88.2 Å². The second kappa shape index (κ2) is 20.2. The van der Waals surface area contributed by atoms with Gasteiger partial charge >= 0.3 is 23.8 Å². The highest BCUT2D eigenvalue weighted by Gasteiger charge is 2.37. The summed E-state index contributed by atoms with van der Waals surface area (Å²) in [5.41, 5.74) is 4.55. The molecular weight excluding hydrogens is 795 g/mol. The van der Waals surface area contributed by atoms with E-state index in [9.17, 15) is 28.8 Å². The van der Waals surface area contributed by atoms with Gasteiger partial charge in [-0.3, -0.25) is 19.0 Å². The van der Waals surface area contributed by atoms with Crippen molar-refractivity contribution < 1.29 is 37.9 Å². The van der Waals surface area contributed by atoms with Gasteiger partial charge in [-0.25, -0.2) is 14.4 Å². The number of hydrogen-bond acceptors (Lipinski definition) is 10. The molecule has 16 nitrogen and oxygen atoms in total. The molecule has 16 heteroatoms. The fraction of sp³-hybridized carbons (Fsp3) is 0.609. The van der Waals surface area contributed by atoms with Crippen LogP contribution in [0.15, 0.2) is 45.6 Å². The number of benzene rings is 2. The first kappa shape index (κ1) is 44.7. The van der Waals surface area contributed by atoms with Gasteiger partial charge in [0.1, 0.15) is 0 Å². The predicted octanol–water partition coefficient (Wildman–Crippen LogP) is 4.79. The van der Waals surface area contributed by atoms with Gasteiger partial charge in [0.15, 0.2) is 11.7 Å². The molecule has 7 rings (SSSR count). The number of para-hydroxylation sites is 1. The van der Waals surface area contributed by atoms with E-state index in [1.165, 1.54) is 4.57 Å². The van der Waals surface area contributed by atoms with Crippen LogP contribution in [0, 0.1) is 18.8 Å². The van der Waals surface area contributed by atoms with E-state index in [1.54, 1.807) is 18.0 Å². The molecule has 62 heavy (non-hydrogen) atoms. The summed E-state index contributed by atoms with van der Waals surface area (Å²) >= 11 is 0. The van der Waals surface area contributed by atoms with Crippen LogP contribution in [0.4, 0.5) is 15.3 Å². The van der Waals surface area contributed by atoms with Crippen molar-refractivity contribution in [3.05, 3.63) is 63.6 Å². The minimum atomic E-state index is -1.09. The van der Waals surface area contributed by atoms with Gasteiger partial charge in [0.2, 0.25) is 5.91 Å². The average molecular weight is 858 g/mol. The maximum atomic E-state index is 14.4. The first-order valence-corrected chi connectivity index (χ1v) is 22.4. The minimum absolute atomic E-state index is 0.0149. The molecule has 3 fully saturated rings. The second-order valence-electron chi connectivity index (χ2n) is 17.8. The minimum Gasteiger partial charge on any atom is -0.466 e. The fourth-order valence-corrected chi connectivity index (χ4v) is 9.81. The molecule has 1 aromatic heterocycles. The highest BCUT2D eigenvalue weighted by atomic mass is 16.6. The van der Waals surface area contributed by atoms with Crippen molar-refractivity contribution in [3.63, 3.8) is 0 Å². The third-order valence-corrected chi connectivity index (χ3v) is 13.3. The lowest BCUT2D eigenvalue weighted by molar-refractivity contribution is -0.146. The smallest absolute Gasteiger partial charge is 0.419 e. The molecule has 3 saturated heterocycles. The van der Waals surface area contributed by atoms with Crippen molar-refractivity contribution in [2.24, 2.45) is 18.9 Å². The SMILES string of the molecule is Cc1cc(C[C@@H](OC(=O)N2CCC(N3CCc4ccccc4NC3=O)CC2)C(=O)N2CCC(C3CCN(C(=O)CCC(=O)OCCCN(C)C)CC3)CC2)cc2oc(=O)n(C)c12. The van der Waals surface area contributed by atoms with Crippen molar-refractivity contribution in [1.29, 1.82) is 0 Å². The molecule has 0 unspecified atom stereocenters. The van der Waals surface area contributed by atoms with Crippen LogP contribution in [0.3, 0.4) is 0 Å². The lowest BCUT2D eigenvalue weighted by Gasteiger charge is -2.41. The first-order chi connectivity index (χ1) is 29.8. The highest BCUT2D eigenvalue weighted by molar-refractivity contribution is 5.91. The van der Waals surface area contributed by atoms with Gasteiger partial charge in [-0.05, 0) is 113 Å². The lowest BCUT2D eigenvalue weighted by atomic mass is 9.78. The Morgan fingerprint density at radius 2 is 1.52 bits per heavy atom. The van der Waals surface area contributed by atoms with Crippen LogP contribution in [-0.4, -0.2) is 144 Å². The normalized spacial score (nSPS) is 18.7. The molecule has 0 saturated carbocycles. The van der Waals surface area contributed by atoms with Crippen molar-refractivity contribution in [2.75, 3.05) is 78.4 Å². The zero-order valence-corrected chi connectivity index (χ0v) is 36.8. The van der Waals surface area contributed by atoms with Crippen LogP contribution < -0.4 is 11.1 Å². The van der Waals surface area contributed by atoms with E-state index < -0.39 is 18.0 Å². The van der Waals surface area contributed by atoms with E-state index in [4.69, 9.17) is 13.9 Å². The van der Waals surface area contributed by atoms with Crippen LogP contribution in [0.25, 0.3) is 11.1 Å². The maximum Gasteiger partial charge on any atom is 0.419 e. The number of nitrogens with zero attached hydrogens (tertiary/aromatic N) is 6. The van der Waals surface area contributed by atoms with Gasteiger partial charge in [0.25, 0.3) is 5.91 Å². The summed E-state index contributed by atoms with van der Waals surface area (Å²) in [5.74, 6) is -0.246. The number of fused-ring (bicyclic) bond motifs is 2. The van der Waals surface area contributed by atoms with Crippen molar-refractivity contribution in [1.82, 2.24) is 29.1 Å². The number of rotatable bonds is 13. The molecule has 1 N–H and O–H groups in total.